The smallest absolute Gasteiger partial charge is 0.252 e. The Morgan fingerprint density at radius 1 is 1.47 bits per heavy atom. The highest BCUT2D eigenvalue weighted by Crippen LogP contribution is 2.48. The molecule has 0 radical (unpaired) electrons. The molecule has 19 heavy (non-hydrogen) atoms. The molecule has 106 valence electrons. The van der Waals surface area contributed by atoms with Crippen molar-refractivity contribution in [2.24, 2.45) is 5.41 Å². The van der Waals surface area contributed by atoms with Crippen molar-refractivity contribution in [1.82, 2.24) is 5.32 Å². The third-order valence-electron chi connectivity index (χ3n) is 3.60. The molecule has 0 heterocycles. The number of carbonyl (C=O) groups excluding carboxylic acids is 1. The highest BCUT2D eigenvalue weighted by molar-refractivity contribution is 6.34. The predicted octanol–water partition coefficient (Wildman–Crippen LogP) is 3.65. The van der Waals surface area contributed by atoms with Crippen LogP contribution in [0, 0.1) is 5.41 Å². The molecule has 0 atom stereocenters. The summed E-state index contributed by atoms with van der Waals surface area (Å²) in [5, 5.41) is 3.39. The number of rotatable bonds is 5. The van der Waals surface area contributed by atoms with Gasteiger partial charge in [0.25, 0.3) is 5.91 Å². The highest BCUT2D eigenvalue weighted by Gasteiger charge is 2.41. The van der Waals surface area contributed by atoms with Gasteiger partial charge in [0.15, 0.2) is 0 Å². The molecule has 1 saturated carbocycles. The molecule has 3 nitrogen and oxygen atoms in total. The number of carbonyl (C=O) groups is 1. The molecule has 1 aromatic rings. The lowest BCUT2D eigenvalue weighted by molar-refractivity contribution is 0.0944. The number of benzene rings is 1. The first-order valence-corrected chi connectivity index (χ1v) is 6.77. The third-order valence-corrected chi connectivity index (χ3v) is 3.91. The van der Waals surface area contributed by atoms with Gasteiger partial charge in [0.1, 0.15) is 0 Å². The lowest BCUT2D eigenvalue weighted by Gasteiger charge is -2.15. The van der Waals surface area contributed by atoms with E-state index in [-0.39, 0.29) is 18.3 Å². The maximum absolute atomic E-state index is 12.0. The number of anilines is 1. The summed E-state index contributed by atoms with van der Waals surface area (Å²) in [6.07, 6.45) is 4.79. The molecule has 1 aliphatic rings. The van der Waals surface area contributed by atoms with E-state index in [1.54, 1.807) is 18.2 Å². The Morgan fingerprint density at radius 2 is 2.16 bits per heavy atom. The third kappa shape index (κ3) is 4.02. The van der Waals surface area contributed by atoms with E-state index in [4.69, 9.17) is 17.3 Å². The van der Waals surface area contributed by atoms with Crippen LogP contribution in [0.1, 0.15) is 43.0 Å². The molecule has 1 amide bonds. The zero-order valence-electron chi connectivity index (χ0n) is 11.0. The second kappa shape index (κ2) is 6.49. The number of hydrogen-bond acceptors (Lipinski definition) is 2. The molecule has 0 bridgehead atoms. The largest absolute Gasteiger partial charge is 0.399 e. The molecule has 3 N–H and O–H groups in total. The fourth-order valence-corrected chi connectivity index (χ4v) is 2.58. The minimum absolute atomic E-state index is 0. The Balaban J connectivity index is 0.00000180. The van der Waals surface area contributed by atoms with Gasteiger partial charge in [-0.1, -0.05) is 24.9 Å². The Hall–Kier alpha value is -0.930. The Morgan fingerprint density at radius 3 is 2.68 bits per heavy atom. The van der Waals surface area contributed by atoms with E-state index < -0.39 is 0 Å². The molecular formula is C14H20Cl2N2O. The van der Waals surface area contributed by atoms with Crippen LogP contribution in [0.3, 0.4) is 0 Å². The second-order valence-corrected chi connectivity index (χ2v) is 5.58. The van der Waals surface area contributed by atoms with Gasteiger partial charge in [-0.05, 0) is 42.9 Å². The average Bonchev–Trinajstić information content (AvgIpc) is 3.07. The van der Waals surface area contributed by atoms with E-state index in [0.717, 1.165) is 6.54 Å². The van der Waals surface area contributed by atoms with Crippen molar-refractivity contribution in [1.29, 1.82) is 0 Å². The van der Waals surface area contributed by atoms with Crippen LogP contribution in [0.4, 0.5) is 5.69 Å². The molecule has 0 aromatic heterocycles. The Kier molecular flexibility index (Phi) is 5.50. The van der Waals surface area contributed by atoms with Crippen LogP contribution in [-0.2, 0) is 0 Å². The van der Waals surface area contributed by atoms with E-state index in [2.05, 4.69) is 12.2 Å². The normalized spacial score (nSPS) is 15.5. The van der Waals surface area contributed by atoms with Gasteiger partial charge in [-0.25, -0.2) is 0 Å². The summed E-state index contributed by atoms with van der Waals surface area (Å²) < 4.78 is 0. The first kappa shape index (κ1) is 16.1. The van der Waals surface area contributed by atoms with Gasteiger partial charge in [0, 0.05) is 12.2 Å². The van der Waals surface area contributed by atoms with Crippen LogP contribution in [0.5, 0.6) is 0 Å². The summed E-state index contributed by atoms with van der Waals surface area (Å²) in [5.74, 6) is -0.109. The van der Waals surface area contributed by atoms with Gasteiger partial charge in [-0.15, -0.1) is 12.4 Å². The number of halogens is 2. The standard InChI is InChI=1S/C14H19ClN2O.ClH/c1-2-5-14(6-7-14)9-17-13(18)11-4-3-10(16)8-12(11)15;/h3-4,8H,2,5-7,9,16H2,1H3,(H,17,18);1H. The summed E-state index contributed by atoms with van der Waals surface area (Å²) >= 11 is 6.01. The fraction of sp³-hybridized carbons (Fsp3) is 0.500. The van der Waals surface area contributed by atoms with Crippen molar-refractivity contribution in [2.75, 3.05) is 12.3 Å². The van der Waals surface area contributed by atoms with Crippen LogP contribution in [0.25, 0.3) is 0 Å². The summed E-state index contributed by atoms with van der Waals surface area (Å²) in [7, 11) is 0. The van der Waals surface area contributed by atoms with Crippen LogP contribution < -0.4 is 11.1 Å². The minimum Gasteiger partial charge on any atom is -0.399 e. The zero-order valence-corrected chi connectivity index (χ0v) is 12.6. The van der Waals surface area contributed by atoms with E-state index in [9.17, 15) is 4.79 Å². The van der Waals surface area contributed by atoms with Crippen molar-refractivity contribution in [3.05, 3.63) is 28.8 Å². The van der Waals surface area contributed by atoms with Gasteiger partial charge in [0.2, 0.25) is 0 Å². The maximum atomic E-state index is 12.0. The van der Waals surface area contributed by atoms with Crippen molar-refractivity contribution in [3.63, 3.8) is 0 Å². The summed E-state index contributed by atoms with van der Waals surface area (Å²) in [6, 6.07) is 4.97. The fourth-order valence-electron chi connectivity index (χ4n) is 2.30. The number of hydrogen-bond donors (Lipinski definition) is 2. The lowest BCUT2D eigenvalue weighted by atomic mass is 10.0. The van der Waals surface area contributed by atoms with Gasteiger partial charge in [-0.3, -0.25) is 4.79 Å². The first-order valence-electron chi connectivity index (χ1n) is 6.39. The molecule has 1 aliphatic carbocycles. The molecule has 1 fully saturated rings. The van der Waals surface area contributed by atoms with Crippen LogP contribution in [0.2, 0.25) is 5.02 Å². The quantitative estimate of drug-likeness (QED) is 0.816. The summed E-state index contributed by atoms with van der Waals surface area (Å²) in [5.41, 5.74) is 7.02. The molecule has 0 unspecified atom stereocenters. The summed E-state index contributed by atoms with van der Waals surface area (Å²) in [4.78, 5) is 12.0. The van der Waals surface area contributed by atoms with Crippen LogP contribution >= 0.6 is 24.0 Å². The van der Waals surface area contributed by atoms with Gasteiger partial charge < -0.3 is 11.1 Å². The van der Waals surface area contributed by atoms with E-state index in [1.165, 1.54) is 25.7 Å². The van der Waals surface area contributed by atoms with Crippen molar-refractivity contribution in [2.45, 2.75) is 32.6 Å². The van der Waals surface area contributed by atoms with E-state index in [0.29, 0.717) is 21.7 Å². The van der Waals surface area contributed by atoms with Crippen LogP contribution in [-0.4, -0.2) is 12.5 Å². The Bertz CT molecular complexity index is 459. The maximum Gasteiger partial charge on any atom is 0.252 e. The van der Waals surface area contributed by atoms with Gasteiger partial charge >= 0.3 is 0 Å². The van der Waals surface area contributed by atoms with E-state index >= 15 is 0 Å². The SMILES string of the molecule is CCCC1(CNC(=O)c2ccc(N)cc2Cl)CC1.Cl. The van der Waals surface area contributed by atoms with Crippen molar-refractivity contribution >= 4 is 35.6 Å². The highest BCUT2D eigenvalue weighted by atomic mass is 35.5. The number of nitrogens with one attached hydrogen (secondary N) is 1. The van der Waals surface area contributed by atoms with Crippen molar-refractivity contribution < 1.29 is 4.79 Å². The molecule has 5 heteroatoms. The topological polar surface area (TPSA) is 55.1 Å². The number of nitrogens with two attached hydrogens (primary N) is 1. The monoisotopic (exact) mass is 302 g/mol. The molecule has 0 spiro atoms. The van der Waals surface area contributed by atoms with E-state index in [1.807, 2.05) is 0 Å². The second-order valence-electron chi connectivity index (χ2n) is 5.17. The minimum atomic E-state index is -0.109. The van der Waals surface area contributed by atoms with Gasteiger partial charge in [-0.2, -0.15) is 0 Å². The zero-order chi connectivity index (χ0) is 13.2. The number of amides is 1. The first-order chi connectivity index (χ1) is 8.56. The molecule has 0 aliphatic heterocycles. The van der Waals surface area contributed by atoms with Crippen LogP contribution in [0.15, 0.2) is 18.2 Å². The molecule has 1 aromatic carbocycles. The van der Waals surface area contributed by atoms with Gasteiger partial charge in [0.05, 0.1) is 10.6 Å². The van der Waals surface area contributed by atoms with Crippen molar-refractivity contribution in [3.8, 4) is 0 Å². The molecular weight excluding hydrogens is 283 g/mol. The molecule has 2 rings (SSSR count). The lowest BCUT2D eigenvalue weighted by Crippen LogP contribution is -2.30. The average molecular weight is 303 g/mol. The number of nitrogen functional groups attached to an aromatic ring is 1. The Labute approximate surface area is 125 Å². The molecule has 0 saturated heterocycles. The summed E-state index contributed by atoms with van der Waals surface area (Å²) in [6.45, 7) is 2.93. The predicted molar refractivity (Wildman–Crippen MR) is 82.0 cm³/mol.